The number of benzene rings is 1. The minimum absolute atomic E-state index is 0.124. The van der Waals surface area contributed by atoms with Crippen molar-refractivity contribution >= 4 is 56.5 Å². The third-order valence-corrected chi connectivity index (χ3v) is 5.74. The van der Waals surface area contributed by atoms with Crippen LogP contribution in [0.2, 0.25) is 5.02 Å². The van der Waals surface area contributed by atoms with Gasteiger partial charge >= 0.3 is 0 Å². The first-order valence-corrected chi connectivity index (χ1v) is 9.95. The highest BCUT2D eigenvalue weighted by Crippen LogP contribution is 2.25. The van der Waals surface area contributed by atoms with E-state index < -0.39 is 5.25 Å². The summed E-state index contributed by atoms with van der Waals surface area (Å²) in [6, 6.07) is 8.72. The van der Waals surface area contributed by atoms with E-state index in [2.05, 4.69) is 16.9 Å². The molecule has 0 fully saturated rings. The number of nitrogens with one attached hydrogen (secondary N) is 1. The maximum atomic E-state index is 12.6. The Morgan fingerprint density at radius 2 is 2.31 bits per heavy atom. The number of aromatic nitrogens is 2. The molecule has 3 rings (SSSR count). The minimum Gasteiger partial charge on any atom is -0.325 e. The van der Waals surface area contributed by atoms with E-state index in [0.29, 0.717) is 32.6 Å². The van der Waals surface area contributed by atoms with Crippen molar-refractivity contribution in [2.45, 2.75) is 23.9 Å². The Balaban J connectivity index is 1.85. The molecule has 2 heterocycles. The van der Waals surface area contributed by atoms with Crippen molar-refractivity contribution in [1.82, 2.24) is 9.55 Å². The van der Waals surface area contributed by atoms with Gasteiger partial charge in [-0.15, -0.1) is 17.9 Å². The van der Waals surface area contributed by atoms with Gasteiger partial charge in [0.1, 0.15) is 4.83 Å². The monoisotopic (exact) mass is 405 g/mol. The molecule has 0 saturated carbocycles. The zero-order valence-electron chi connectivity index (χ0n) is 13.9. The predicted octanol–water partition coefficient (Wildman–Crippen LogP) is 4.42. The SMILES string of the molecule is C=CCn1c(SC(C)C(=O)Nc2cccc(Cl)c2)nc2sccc2c1=O. The van der Waals surface area contributed by atoms with Gasteiger partial charge in [-0.2, -0.15) is 0 Å². The van der Waals surface area contributed by atoms with Gasteiger partial charge in [0.25, 0.3) is 5.56 Å². The van der Waals surface area contributed by atoms with Gasteiger partial charge in [-0.3, -0.25) is 14.2 Å². The van der Waals surface area contributed by atoms with E-state index in [4.69, 9.17) is 11.6 Å². The molecule has 0 aliphatic heterocycles. The van der Waals surface area contributed by atoms with Crippen molar-refractivity contribution in [3.05, 3.63) is 63.7 Å². The molecule has 1 N–H and O–H groups in total. The summed E-state index contributed by atoms with van der Waals surface area (Å²) in [5, 5.41) is 5.84. The Bertz CT molecular complexity index is 1030. The van der Waals surface area contributed by atoms with Crippen LogP contribution in [0.1, 0.15) is 6.92 Å². The number of allylic oxidation sites excluding steroid dienone is 1. The normalized spacial score (nSPS) is 12.1. The second kappa shape index (κ2) is 8.07. The molecule has 8 heteroatoms. The topological polar surface area (TPSA) is 64.0 Å². The average Bonchev–Trinajstić information content (AvgIpc) is 3.07. The number of carbonyl (C=O) groups excluding carboxylic acids is 1. The number of thiophene rings is 1. The molecule has 3 aromatic rings. The number of rotatable bonds is 6. The van der Waals surface area contributed by atoms with E-state index in [1.54, 1.807) is 43.3 Å². The third kappa shape index (κ3) is 4.00. The zero-order valence-corrected chi connectivity index (χ0v) is 16.3. The molecule has 0 spiro atoms. The average molecular weight is 406 g/mol. The second-order valence-corrected chi connectivity index (χ2v) is 8.14. The predicted molar refractivity (Wildman–Crippen MR) is 109 cm³/mol. The lowest BCUT2D eigenvalue weighted by atomic mass is 10.3. The Kier molecular flexibility index (Phi) is 5.80. The van der Waals surface area contributed by atoms with Crippen LogP contribution in [0, 0.1) is 0 Å². The van der Waals surface area contributed by atoms with Gasteiger partial charge in [-0.1, -0.05) is 35.5 Å². The smallest absolute Gasteiger partial charge is 0.263 e. The van der Waals surface area contributed by atoms with Gasteiger partial charge in [0, 0.05) is 17.3 Å². The van der Waals surface area contributed by atoms with Crippen LogP contribution in [0.15, 0.2) is 58.3 Å². The molecular formula is C18H16ClN3O2S2. The molecular weight excluding hydrogens is 390 g/mol. The van der Waals surface area contributed by atoms with Gasteiger partial charge in [-0.25, -0.2) is 4.98 Å². The highest BCUT2D eigenvalue weighted by molar-refractivity contribution is 8.00. The van der Waals surface area contributed by atoms with Crippen LogP contribution < -0.4 is 10.9 Å². The number of nitrogens with zero attached hydrogens (tertiary/aromatic N) is 2. The molecule has 0 aliphatic rings. The van der Waals surface area contributed by atoms with Crippen molar-refractivity contribution in [1.29, 1.82) is 0 Å². The lowest BCUT2D eigenvalue weighted by molar-refractivity contribution is -0.115. The largest absolute Gasteiger partial charge is 0.325 e. The first-order chi connectivity index (χ1) is 12.5. The molecule has 26 heavy (non-hydrogen) atoms. The van der Waals surface area contributed by atoms with Crippen molar-refractivity contribution in [3.63, 3.8) is 0 Å². The first-order valence-electron chi connectivity index (χ1n) is 7.81. The van der Waals surface area contributed by atoms with Crippen LogP contribution in [0.3, 0.4) is 0 Å². The van der Waals surface area contributed by atoms with Crippen LogP contribution >= 0.6 is 34.7 Å². The summed E-state index contributed by atoms with van der Waals surface area (Å²) in [7, 11) is 0. The summed E-state index contributed by atoms with van der Waals surface area (Å²) in [6.45, 7) is 5.81. The Hall–Kier alpha value is -2.09. The van der Waals surface area contributed by atoms with Gasteiger partial charge in [0.05, 0.1) is 10.6 Å². The second-order valence-electron chi connectivity index (χ2n) is 5.50. The number of amides is 1. The highest BCUT2D eigenvalue weighted by Gasteiger charge is 2.19. The molecule has 0 bridgehead atoms. The number of hydrogen-bond acceptors (Lipinski definition) is 5. The summed E-state index contributed by atoms with van der Waals surface area (Å²) in [6.07, 6.45) is 1.64. The molecule has 1 aromatic carbocycles. The molecule has 0 aliphatic carbocycles. The lowest BCUT2D eigenvalue weighted by Gasteiger charge is -2.15. The number of thioether (sulfide) groups is 1. The van der Waals surface area contributed by atoms with E-state index >= 15 is 0 Å². The number of carbonyl (C=O) groups is 1. The Labute approximate surface area is 163 Å². The number of hydrogen-bond donors (Lipinski definition) is 1. The lowest BCUT2D eigenvalue weighted by Crippen LogP contribution is -2.26. The van der Waals surface area contributed by atoms with Crippen LogP contribution in [-0.4, -0.2) is 20.7 Å². The fraction of sp³-hybridized carbons (Fsp3) is 0.167. The van der Waals surface area contributed by atoms with E-state index in [1.807, 2.05) is 5.38 Å². The highest BCUT2D eigenvalue weighted by atomic mass is 35.5. The molecule has 5 nitrogen and oxygen atoms in total. The zero-order chi connectivity index (χ0) is 18.7. The molecule has 0 radical (unpaired) electrons. The van der Waals surface area contributed by atoms with Gasteiger partial charge in [-0.05, 0) is 36.6 Å². The molecule has 1 unspecified atom stereocenters. The first kappa shape index (κ1) is 18.7. The van der Waals surface area contributed by atoms with Crippen LogP contribution in [-0.2, 0) is 11.3 Å². The summed E-state index contributed by atoms with van der Waals surface area (Å²) in [5.41, 5.74) is 0.501. The van der Waals surface area contributed by atoms with E-state index in [1.165, 1.54) is 27.7 Å². The van der Waals surface area contributed by atoms with Gasteiger partial charge in [0.15, 0.2) is 5.16 Å². The Morgan fingerprint density at radius 3 is 3.04 bits per heavy atom. The van der Waals surface area contributed by atoms with Gasteiger partial charge in [0.2, 0.25) is 5.91 Å². The summed E-state index contributed by atoms with van der Waals surface area (Å²) in [4.78, 5) is 30.3. The fourth-order valence-electron chi connectivity index (χ4n) is 2.33. The molecule has 134 valence electrons. The van der Waals surface area contributed by atoms with Crippen molar-refractivity contribution in [3.8, 4) is 0 Å². The number of anilines is 1. The van der Waals surface area contributed by atoms with E-state index in [0.717, 1.165) is 0 Å². The van der Waals surface area contributed by atoms with E-state index in [9.17, 15) is 9.59 Å². The van der Waals surface area contributed by atoms with Crippen LogP contribution in [0.5, 0.6) is 0 Å². The standard InChI is InChI=1S/C18H16ClN3O2S2/c1-3-8-22-17(24)14-7-9-25-16(14)21-18(22)26-11(2)15(23)20-13-6-4-5-12(19)10-13/h3-7,9-11H,1,8H2,2H3,(H,20,23). The molecule has 2 aromatic heterocycles. The summed E-state index contributed by atoms with van der Waals surface area (Å²) < 4.78 is 1.54. The van der Waals surface area contributed by atoms with Crippen LogP contribution in [0.4, 0.5) is 5.69 Å². The molecule has 1 atom stereocenters. The molecule has 1 amide bonds. The number of halogens is 1. The summed E-state index contributed by atoms with van der Waals surface area (Å²) >= 11 is 8.59. The fourth-order valence-corrected chi connectivity index (χ4v) is 4.25. The number of fused-ring (bicyclic) bond motifs is 1. The summed E-state index contributed by atoms with van der Waals surface area (Å²) in [5.74, 6) is -0.192. The van der Waals surface area contributed by atoms with Crippen molar-refractivity contribution in [2.24, 2.45) is 0 Å². The maximum Gasteiger partial charge on any atom is 0.263 e. The quantitative estimate of drug-likeness (QED) is 0.374. The maximum absolute atomic E-state index is 12.6. The molecule has 0 saturated heterocycles. The van der Waals surface area contributed by atoms with Crippen LogP contribution in [0.25, 0.3) is 10.2 Å². The van der Waals surface area contributed by atoms with E-state index in [-0.39, 0.29) is 11.5 Å². The third-order valence-electron chi connectivity index (χ3n) is 3.60. The van der Waals surface area contributed by atoms with Crippen molar-refractivity contribution < 1.29 is 4.79 Å². The van der Waals surface area contributed by atoms with Crippen molar-refractivity contribution in [2.75, 3.05) is 5.32 Å². The van der Waals surface area contributed by atoms with Gasteiger partial charge < -0.3 is 5.32 Å². The minimum atomic E-state index is -0.450. The Morgan fingerprint density at radius 1 is 1.50 bits per heavy atom.